The van der Waals surface area contributed by atoms with Crippen LogP contribution in [-0.4, -0.2) is 30.3 Å². The molecule has 1 aliphatic heterocycles. The van der Waals surface area contributed by atoms with Crippen LogP contribution in [0.3, 0.4) is 0 Å². The molecule has 0 saturated heterocycles. The third kappa shape index (κ3) is 5.09. The molecule has 5 rings (SSSR count). The second-order valence-corrected chi connectivity index (χ2v) is 9.54. The van der Waals surface area contributed by atoms with Crippen molar-refractivity contribution < 1.29 is 24.1 Å². The third-order valence-corrected chi connectivity index (χ3v) is 7.26. The summed E-state index contributed by atoms with van der Waals surface area (Å²) in [6, 6.07) is 21.1. The van der Waals surface area contributed by atoms with Gasteiger partial charge in [0.15, 0.2) is 17.6 Å². The Labute approximate surface area is 205 Å². The largest absolute Gasteiger partial charge is 0.492 e. The summed E-state index contributed by atoms with van der Waals surface area (Å²) in [6.45, 7) is 1.46. The maximum atomic E-state index is 11.7. The highest BCUT2D eigenvalue weighted by molar-refractivity contribution is 7.17. The predicted molar refractivity (Wildman–Crippen MR) is 134 cm³/mol. The van der Waals surface area contributed by atoms with E-state index in [1.807, 2.05) is 77.5 Å². The molecule has 0 bridgehead atoms. The van der Waals surface area contributed by atoms with E-state index in [1.165, 1.54) is 0 Å². The van der Waals surface area contributed by atoms with Gasteiger partial charge in [-0.25, -0.2) is 4.79 Å². The van der Waals surface area contributed by atoms with E-state index in [0.29, 0.717) is 19.6 Å². The quantitative estimate of drug-likeness (QED) is 0.278. The van der Waals surface area contributed by atoms with E-state index in [2.05, 4.69) is 4.90 Å². The molecule has 174 valence electrons. The number of nitrogens with zero attached hydrogens (tertiary/aromatic N) is 1. The van der Waals surface area contributed by atoms with E-state index in [-0.39, 0.29) is 6.61 Å². The first-order chi connectivity index (χ1) is 16.7. The molecule has 0 radical (unpaired) electrons. The molecule has 0 saturated carbocycles. The summed E-state index contributed by atoms with van der Waals surface area (Å²) >= 11 is 3.30. The molecule has 6 nitrogen and oxygen atoms in total. The van der Waals surface area contributed by atoms with Crippen molar-refractivity contribution in [2.24, 2.45) is 0 Å². The molecule has 4 aromatic rings. The molecule has 34 heavy (non-hydrogen) atoms. The van der Waals surface area contributed by atoms with Gasteiger partial charge in [-0.05, 0) is 46.2 Å². The standard InChI is InChI=1S/C26H23NO5S2/c28-26(29)23(31-17-19-4-2-1-3-5-19)16-18-6-8-20(9-7-18)30-13-12-27-24-21(10-14-33-24)32-22-11-15-34-25(22)27/h1-11,14-15,23H,12-13,16-17H2,(H,28,29). The molecule has 3 heterocycles. The van der Waals surface area contributed by atoms with E-state index in [9.17, 15) is 9.90 Å². The maximum absolute atomic E-state index is 11.7. The normalized spacial score (nSPS) is 13.0. The van der Waals surface area contributed by atoms with Gasteiger partial charge < -0.3 is 24.2 Å². The number of carboxylic acid groups (broad SMARTS) is 1. The fourth-order valence-corrected chi connectivity index (χ4v) is 5.49. The topological polar surface area (TPSA) is 68.2 Å². The van der Waals surface area contributed by atoms with E-state index < -0.39 is 12.1 Å². The number of carboxylic acids is 1. The van der Waals surface area contributed by atoms with Crippen LogP contribution in [0.15, 0.2) is 77.5 Å². The number of carbonyl (C=O) groups is 1. The predicted octanol–water partition coefficient (Wildman–Crippen LogP) is 6.34. The van der Waals surface area contributed by atoms with Crippen molar-refractivity contribution >= 4 is 38.6 Å². The Morgan fingerprint density at radius 3 is 2.24 bits per heavy atom. The van der Waals surface area contributed by atoms with Crippen molar-refractivity contribution in [3.63, 3.8) is 0 Å². The Morgan fingerprint density at radius 2 is 1.59 bits per heavy atom. The Kier molecular flexibility index (Phi) is 6.80. The van der Waals surface area contributed by atoms with Crippen LogP contribution in [-0.2, 0) is 22.6 Å². The summed E-state index contributed by atoms with van der Waals surface area (Å²) in [5, 5.41) is 15.8. The molecule has 1 unspecified atom stereocenters. The lowest BCUT2D eigenvalue weighted by Gasteiger charge is -2.27. The van der Waals surface area contributed by atoms with Gasteiger partial charge in [0, 0.05) is 6.42 Å². The zero-order valence-corrected chi connectivity index (χ0v) is 19.9. The van der Waals surface area contributed by atoms with E-state index >= 15 is 0 Å². The molecule has 8 heteroatoms. The van der Waals surface area contributed by atoms with Crippen LogP contribution in [0.25, 0.3) is 0 Å². The molecule has 2 aromatic carbocycles. The van der Waals surface area contributed by atoms with Crippen LogP contribution in [0.1, 0.15) is 11.1 Å². The molecule has 0 fully saturated rings. The number of rotatable bonds is 10. The number of fused-ring (bicyclic) bond motifs is 2. The number of benzene rings is 2. The van der Waals surface area contributed by atoms with E-state index in [1.54, 1.807) is 22.7 Å². The zero-order chi connectivity index (χ0) is 23.3. The first kappa shape index (κ1) is 22.5. The summed E-state index contributed by atoms with van der Waals surface area (Å²) < 4.78 is 17.6. The minimum absolute atomic E-state index is 0.262. The number of anilines is 2. The first-order valence-corrected chi connectivity index (χ1v) is 12.6. The van der Waals surface area contributed by atoms with Gasteiger partial charge in [-0.2, -0.15) is 0 Å². The lowest BCUT2D eigenvalue weighted by molar-refractivity contribution is -0.151. The Hall–Kier alpha value is -3.33. The van der Waals surface area contributed by atoms with Crippen LogP contribution in [0.5, 0.6) is 17.2 Å². The van der Waals surface area contributed by atoms with Gasteiger partial charge >= 0.3 is 5.97 Å². The van der Waals surface area contributed by atoms with Crippen molar-refractivity contribution in [3.05, 3.63) is 88.6 Å². The highest BCUT2D eigenvalue weighted by atomic mass is 32.1. The molecule has 0 amide bonds. The minimum Gasteiger partial charge on any atom is -0.492 e. The van der Waals surface area contributed by atoms with Gasteiger partial charge in [0.2, 0.25) is 0 Å². The molecular formula is C26H23NO5S2. The second kappa shape index (κ2) is 10.3. The van der Waals surface area contributed by atoms with Crippen LogP contribution in [0.4, 0.5) is 10.0 Å². The summed E-state index contributed by atoms with van der Waals surface area (Å²) in [5.74, 6) is 1.53. The van der Waals surface area contributed by atoms with Crippen LogP contribution >= 0.6 is 22.7 Å². The fourth-order valence-electron chi connectivity index (χ4n) is 3.72. The van der Waals surface area contributed by atoms with Gasteiger partial charge in [0.25, 0.3) is 0 Å². The number of hydrogen-bond donors (Lipinski definition) is 1. The monoisotopic (exact) mass is 493 g/mol. The Morgan fingerprint density at radius 1 is 0.912 bits per heavy atom. The van der Waals surface area contributed by atoms with Crippen LogP contribution in [0.2, 0.25) is 0 Å². The van der Waals surface area contributed by atoms with E-state index in [4.69, 9.17) is 14.2 Å². The third-order valence-electron chi connectivity index (χ3n) is 5.43. The maximum Gasteiger partial charge on any atom is 0.333 e. The number of hydrogen-bond acceptors (Lipinski definition) is 7. The SMILES string of the molecule is O=C(O)C(Cc1ccc(OCCN2c3sccc3Oc3ccsc32)cc1)OCc1ccccc1. The van der Waals surface area contributed by atoms with Crippen molar-refractivity contribution in [2.75, 3.05) is 18.1 Å². The number of thiophene rings is 2. The van der Waals surface area contributed by atoms with Gasteiger partial charge in [0.1, 0.15) is 22.4 Å². The zero-order valence-electron chi connectivity index (χ0n) is 18.3. The average Bonchev–Trinajstić information content (AvgIpc) is 3.52. The molecule has 1 atom stereocenters. The lowest BCUT2D eigenvalue weighted by atomic mass is 10.1. The molecule has 0 aliphatic carbocycles. The molecule has 1 N–H and O–H groups in total. The number of ether oxygens (including phenoxy) is 3. The van der Waals surface area contributed by atoms with Gasteiger partial charge in [-0.3, -0.25) is 0 Å². The molecule has 1 aliphatic rings. The second-order valence-electron chi connectivity index (χ2n) is 7.75. The van der Waals surface area contributed by atoms with E-state index in [0.717, 1.165) is 38.4 Å². The van der Waals surface area contributed by atoms with Crippen LogP contribution in [0, 0.1) is 0 Å². The summed E-state index contributed by atoms with van der Waals surface area (Å²) in [6.07, 6.45) is -0.619. The average molecular weight is 494 g/mol. The van der Waals surface area contributed by atoms with Crippen molar-refractivity contribution in [1.82, 2.24) is 0 Å². The highest BCUT2D eigenvalue weighted by Gasteiger charge is 2.26. The van der Waals surface area contributed by atoms with Crippen molar-refractivity contribution in [3.8, 4) is 17.2 Å². The fraction of sp³-hybridized carbons (Fsp3) is 0.192. The van der Waals surface area contributed by atoms with Gasteiger partial charge in [0.05, 0.1) is 13.2 Å². The lowest BCUT2D eigenvalue weighted by Crippen LogP contribution is -2.26. The van der Waals surface area contributed by atoms with Crippen molar-refractivity contribution in [1.29, 1.82) is 0 Å². The smallest absolute Gasteiger partial charge is 0.333 e. The summed E-state index contributed by atoms with van der Waals surface area (Å²) in [4.78, 5) is 13.9. The molecule has 0 spiro atoms. The first-order valence-electron chi connectivity index (χ1n) is 10.9. The highest BCUT2D eigenvalue weighted by Crippen LogP contribution is 2.51. The minimum atomic E-state index is -0.970. The number of aliphatic carboxylic acids is 1. The van der Waals surface area contributed by atoms with Crippen molar-refractivity contribution in [2.45, 2.75) is 19.1 Å². The summed E-state index contributed by atoms with van der Waals surface area (Å²) in [7, 11) is 0. The Balaban J connectivity index is 1.15. The molecule has 2 aromatic heterocycles. The van der Waals surface area contributed by atoms with Gasteiger partial charge in [-0.15, -0.1) is 22.7 Å². The van der Waals surface area contributed by atoms with Gasteiger partial charge in [-0.1, -0.05) is 42.5 Å². The molecular weight excluding hydrogens is 470 g/mol. The Bertz CT molecular complexity index is 1200. The summed E-state index contributed by atoms with van der Waals surface area (Å²) in [5.41, 5.74) is 1.83. The van der Waals surface area contributed by atoms with Crippen LogP contribution < -0.4 is 14.4 Å².